The molecule has 2 heteroatoms. The van der Waals surface area contributed by atoms with Crippen molar-refractivity contribution in [3.05, 3.63) is 53.6 Å². The van der Waals surface area contributed by atoms with E-state index in [0.717, 1.165) is 25.0 Å². The molecule has 0 N–H and O–H groups in total. The minimum Gasteiger partial charge on any atom is -0.544 e. The lowest BCUT2D eigenvalue weighted by Gasteiger charge is -2.29. The van der Waals surface area contributed by atoms with Crippen LogP contribution in [-0.2, 0) is 10.8 Å². The molecule has 0 atom stereocenters. The van der Waals surface area contributed by atoms with Gasteiger partial charge < -0.3 is 4.43 Å². The van der Waals surface area contributed by atoms with E-state index in [-0.39, 0.29) is 0 Å². The van der Waals surface area contributed by atoms with E-state index in [0.29, 0.717) is 0 Å². The molecule has 1 aromatic rings. The van der Waals surface area contributed by atoms with E-state index in [2.05, 4.69) is 50.5 Å². The summed E-state index contributed by atoms with van der Waals surface area (Å²) in [4.78, 5) is 0. The van der Waals surface area contributed by atoms with Gasteiger partial charge in [-0.15, -0.1) is 6.58 Å². The molecule has 0 radical (unpaired) electrons. The second kappa shape index (κ2) is 5.15. The first-order valence-electron chi connectivity index (χ1n) is 6.61. The van der Waals surface area contributed by atoms with Crippen LogP contribution in [0.4, 0.5) is 0 Å². The minimum absolute atomic E-state index is 0.939. The summed E-state index contributed by atoms with van der Waals surface area (Å²) < 4.78 is 6.34. The molecule has 0 saturated carbocycles. The number of benzene rings is 1. The molecule has 2 rings (SSSR count). The maximum absolute atomic E-state index is 6.34. The molecule has 0 amide bonds. The van der Waals surface area contributed by atoms with Gasteiger partial charge in [-0.25, -0.2) is 0 Å². The van der Waals surface area contributed by atoms with Gasteiger partial charge in [0.05, 0.1) is 0 Å². The van der Waals surface area contributed by atoms with Gasteiger partial charge in [0.15, 0.2) is 0 Å². The molecular weight excluding hydrogens is 236 g/mol. The van der Waals surface area contributed by atoms with E-state index in [1.807, 2.05) is 6.08 Å². The summed E-state index contributed by atoms with van der Waals surface area (Å²) in [6, 6.07) is 8.62. The Morgan fingerprint density at radius 3 is 2.61 bits per heavy atom. The first-order valence-corrected chi connectivity index (χ1v) is 10.0. The van der Waals surface area contributed by atoms with Crippen molar-refractivity contribution < 1.29 is 4.43 Å². The average Bonchev–Trinajstić information content (AvgIpc) is 2.31. The van der Waals surface area contributed by atoms with Crippen molar-refractivity contribution in [2.24, 2.45) is 0 Å². The lowest BCUT2D eigenvalue weighted by atomic mass is 9.89. The fraction of sp³-hybridized carbons (Fsp3) is 0.375. The molecule has 96 valence electrons. The van der Waals surface area contributed by atoms with E-state index in [1.54, 1.807) is 0 Å². The van der Waals surface area contributed by atoms with E-state index in [4.69, 9.17) is 4.43 Å². The molecule has 0 aromatic heterocycles. The molecule has 0 heterocycles. The summed E-state index contributed by atoms with van der Waals surface area (Å²) >= 11 is 0. The topological polar surface area (TPSA) is 9.23 Å². The largest absolute Gasteiger partial charge is 0.544 e. The first-order chi connectivity index (χ1) is 8.51. The summed E-state index contributed by atoms with van der Waals surface area (Å²) in [6.07, 6.45) is 5.14. The second-order valence-electron chi connectivity index (χ2n) is 5.80. The third kappa shape index (κ3) is 2.93. The van der Waals surface area contributed by atoms with E-state index < -0.39 is 8.32 Å². The molecule has 1 aliphatic carbocycles. The Bertz CT molecular complexity index is 480. The highest BCUT2D eigenvalue weighted by Gasteiger charge is 2.24. The van der Waals surface area contributed by atoms with E-state index >= 15 is 0 Å². The molecule has 1 aliphatic rings. The van der Waals surface area contributed by atoms with Crippen molar-refractivity contribution in [2.75, 3.05) is 0 Å². The zero-order valence-corrected chi connectivity index (χ0v) is 12.6. The third-order valence-electron chi connectivity index (χ3n) is 3.08. The smallest absolute Gasteiger partial charge is 0.242 e. The molecule has 1 nitrogen and oxygen atoms in total. The molecule has 0 saturated heterocycles. The Hall–Kier alpha value is -1.28. The highest BCUT2D eigenvalue weighted by molar-refractivity contribution is 6.70. The monoisotopic (exact) mass is 258 g/mol. The summed E-state index contributed by atoms with van der Waals surface area (Å²) in [6.45, 7) is 10.6. The average molecular weight is 258 g/mol. The van der Waals surface area contributed by atoms with Crippen LogP contribution in [0.3, 0.4) is 0 Å². The highest BCUT2D eigenvalue weighted by Crippen LogP contribution is 2.35. The van der Waals surface area contributed by atoms with Crippen molar-refractivity contribution in [1.29, 1.82) is 0 Å². The predicted octanol–water partition coefficient (Wildman–Crippen LogP) is 4.77. The molecule has 0 aliphatic heterocycles. The highest BCUT2D eigenvalue weighted by atomic mass is 28.4. The Balaban J connectivity index is 2.46. The maximum atomic E-state index is 6.34. The van der Waals surface area contributed by atoms with Crippen molar-refractivity contribution >= 4 is 14.1 Å². The number of hydrogen-bond acceptors (Lipinski definition) is 1. The molecule has 1 aromatic carbocycles. The van der Waals surface area contributed by atoms with Gasteiger partial charge >= 0.3 is 0 Å². The SMILES string of the molecule is C=CCC1=C(O[Si](C)(C)C)c2ccccc2CC1. The number of aryl methyl sites for hydroxylation is 1. The Morgan fingerprint density at radius 1 is 1.22 bits per heavy atom. The van der Waals surface area contributed by atoms with Gasteiger partial charge in [-0.1, -0.05) is 30.3 Å². The van der Waals surface area contributed by atoms with Crippen LogP contribution in [0.2, 0.25) is 19.6 Å². The number of fused-ring (bicyclic) bond motifs is 1. The van der Waals surface area contributed by atoms with Crippen LogP contribution in [0.5, 0.6) is 0 Å². The number of hydrogen-bond donors (Lipinski definition) is 0. The van der Waals surface area contributed by atoms with Gasteiger partial charge in [0.1, 0.15) is 5.76 Å². The summed E-state index contributed by atoms with van der Waals surface area (Å²) in [5.41, 5.74) is 4.12. The fourth-order valence-corrected chi connectivity index (χ4v) is 3.22. The zero-order valence-electron chi connectivity index (χ0n) is 11.6. The third-order valence-corrected chi connectivity index (χ3v) is 3.89. The van der Waals surface area contributed by atoms with Crippen molar-refractivity contribution in [1.82, 2.24) is 0 Å². The van der Waals surface area contributed by atoms with Crippen LogP contribution in [0.25, 0.3) is 5.76 Å². The van der Waals surface area contributed by atoms with Gasteiger partial charge in [-0.2, -0.15) is 0 Å². The van der Waals surface area contributed by atoms with Gasteiger partial charge in [0.25, 0.3) is 0 Å². The van der Waals surface area contributed by atoms with Gasteiger partial charge in [-0.3, -0.25) is 0 Å². The fourth-order valence-electron chi connectivity index (χ4n) is 2.35. The lowest BCUT2D eigenvalue weighted by molar-refractivity contribution is 0.501. The van der Waals surface area contributed by atoms with Crippen LogP contribution in [0.1, 0.15) is 24.0 Å². The maximum Gasteiger partial charge on any atom is 0.242 e. The van der Waals surface area contributed by atoms with E-state index in [9.17, 15) is 0 Å². The quantitative estimate of drug-likeness (QED) is 0.558. The van der Waals surface area contributed by atoms with Crippen LogP contribution in [0.15, 0.2) is 42.5 Å². The standard InChI is InChI=1S/C16H22OSi/c1-5-8-14-12-11-13-9-6-7-10-15(13)16(14)17-18(2,3)4/h5-7,9-10H,1,8,11-12H2,2-4H3. The molecule has 18 heavy (non-hydrogen) atoms. The summed E-state index contributed by atoms with van der Waals surface area (Å²) in [5, 5.41) is 0. The Kier molecular flexibility index (Phi) is 3.76. The normalized spacial score (nSPS) is 15.3. The molecule has 0 fully saturated rings. The summed E-state index contributed by atoms with van der Waals surface area (Å²) in [5.74, 6) is 1.14. The van der Waals surface area contributed by atoms with Crippen LogP contribution < -0.4 is 0 Å². The van der Waals surface area contributed by atoms with Gasteiger partial charge in [0, 0.05) is 5.56 Å². The summed E-state index contributed by atoms with van der Waals surface area (Å²) in [7, 11) is -1.58. The molecule has 0 spiro atoms. The van der Waals surface area contributed by atoms with Crippen LogP contribution >= 0.6 is 0 Å². The lowest BCUT2D eigenvalue weighted by Crippen LogP contribution is -2.26. The van der Waals surface area contributed by atoms with Gasteiger partial charge in [-0.05, 0) is 50.0 Å². The first kappa shape index (κ1) is 13.2. The molecule has 0 unspecified atom stereocenters. The number of rotatable bonds is 4. The molecule has 0 bridgehead atoms. The van der Waals surface area contributed by atoms with Crippen molar-refractivity contribution in [3.8, 4) is 0 Å². The Labute approximate surface area is 111 Å². The predicted molar refractivity (Wildman–Crippen MR) is 80.9 cm³/mol. The molecular formula is C16H22OSi. The van der Waals surface area contributed by atoms with Crippen molar-refractivity contribution in [2.45, 2.75) is 38.9 Å². The Morgan fingerprint density at radius 2 is 1.94 bits per heavy atom. The van der Waals surface area contributed by atoms with Crippen molar-refractivity contribution in [3.63, 3.8) is 0 Å². The van der Waals surface area contributed by atoms with E-state index in [1.165, 1.54) is 16.7 Å². The minimum atomic E-state index is -1.58. The van der Waals surface area contributed by atoms with Crippen LogP contribution in [0, 0.1) is 0 Å². The zero-order chi connectivity index (χ0) is 13.2. The second-order valence-corrected chi connectivity index (χ2v) is 10.2. The van der Waals surface area contributed by atoms with Crippen LogP contribution in [-0.4, -0.2) is 8.32 Å². The van der Waals surface area contributed by atoms with Gasteiger partial charge in [0.2, 0.25) is 8.32 Å². The number of allylic oxidation sites excluding steroid dienone is 2.